The fourth-order valence-corrected chi connectivity index (χ4v) is 6.04. The first kappa shape index (κ1) is 19.1. The molecule has 4 saturated carbocycles. The SMILES string of the molecule is COC(=O)[C@@](C)(/C=N/O)CCC/C(C)=C1\C[C@@H]2C3C[C@@]1(C(C)=O)C[C@@]32C. The molecule has 0 aromatic rings. The Kier molecular flexibility index (Phi) is 4.56. The van der Waals surface area contributed by atoms with Crippen LogP contribution >= 0.6 is 0 Å². The summed E-state index contributed by atoms with van der Waals surface area (Å²) in [6.07, 6.45) is 6.56. The molecule has 0 radical (unpaired) electrons. The van der Waals surface area contributed by atoms with Crippen LogP contribution in [0.1, 0.15) is 66.2 Å². The minimum absolute atomic E-state index is 0.226. The number of rotatable bonds is 7. The van der Waals surface area contributed by atoms with Crippen molar-refractivity contribution >= 4 is 18.0 Å². The van der Waals surface area contributed by atoms with Crippen LogP contribution in [0.4, 0.5) is 0 Å². The number of ether oxygens (including phenoxy) is 1. The van der Waals surface area contributed by atoms with Gasteiger partial charge in [0, 0.05) is 0 Å². The molecule has 5 nitrogen and oxygen atoms in total. The summed E-state index contributed by atoms with van der Waals surface area (Å²) in [5, 5.41) is 11.9. The van der Waals surface area contributed by atoms with Crippen LogP contribution in [0.3, 0.4) is 0 Å². The average Bonchev–Trinajstić information content (AvgIpc) is 3.03. The van der Waals surface area contributed by atoms with Gasteiger partial charge in [0.05, 0.1) is 18.7 Å². The Balaban J connectivity index is 1.72. The summed E-state index contributed by atoms with van der Waals surface area (Å²) >= 11 is 0. The molecule has 4 fully saturated rings. The number of carbonyl (C=O) groups excluding carboxylic acids is 2. The van der Waals surface area contributed by atoms with Crippen molar-refractivity contribution in [3.63, 3.8) is 0 Å². The lowest BCUT2D eigenvalue weighted by atomic mass is 9.62. The maximum atomic E-state index is 12.6. The Bertz CT molecular complexity index is 696. The molecule has 0 heterocycles. The zero-order valence-electron chi connectivity index (χ0n) is 16.6. The van der Waals surface area contributed by atoms with Crippen LogP contribution in [-0.4, -0.2) is 30.3 Å². The van der Waals surface area contributed by atoms with E-state index in [4.69, 9.17) is 9.94 Å². The van der Waals surface area contributed by atoms with E-state index < -0.39 is 11.4 Å². The molecular weight excluding hydrogens is 330 g/mol. The number of hydrogen-bond donors (Lipinski definition) is 1. The highest BCUT2D eigenvalue weighted by molar-refractivity contribution is 5.94. The summed E-state index contributed by atoms with van der Waals surface area (Å²) in [5.41, 5.74) is 1.93. The van der Waals surface area contributed by atoms with Crippen LogP contribution in [0.5, 0.6) is 0 Å². The number of nitrogens with zero attached hydrogens (tertiary/aromatic N) is 1. The fraction of sp³-hybridized carbons (Fsp3) is 0.762. The number of ketones is 1. The van der Waals surface area contributed by atoms with Crippen molar-refractivity contribution in [3.05, 3.63) is 11.1 Å². The minimum atomic E-state index is -0.921. The second-order valence-corrected chi connectivity index (χ2v) is 9.21. The van der Waals surface area contributed by atoms with Gasteiger partial charge in [-0.3, -0.25) is 9.59 Å². The lowest BCUT2D eigenvalue weighted by Crippen LogP contribution is -2.37. The molecule has 0 spiro atoms. The summed E-state index contributed by atoms with van der Waals surface area (Å²) in [7, 11) is 1.34. The summed E-state index contributed by atoms with van der Waals surface area (Å²) in [6.45, 7) is 7.99. The van der Waals surface area contributed by atoms with Crippen molar-refractivity contribution in [1.29, 1.82) is 0 Å². The van der Waals surface area contributed by atoms with Gasteiger partial charge in [-0.05, 0) is 76.5 Å². The summed E-state index contributed by atoms with van der Waals surface area (Å²) in [5.74, 6) is 1.43. The predicted octanol–water partition coefficient (Wildman–Crippen LogP) is 4.14. The topological polar surface area (TPSA) is 76.0 Å². The van der Waals surface area contributed by atoms with Gasteiger partial charge >= 0.3 is 5.97 Å². The summed E-state index contributed by atoms with van der Waals surface area (Å²) in [4.78, 5) is 24.6. The van der Waals surface area contributed by atoms with Crippen molar-refractivity contribution in [2.24, 2.45) is 33.2 Å². The summed E-state index contributed by atoms with van der Waals surface area (Å²) in [6, 6.07) is 0. The fourth-order valence-electron chi connectivity index (χ4n) is 6.04. The molecule has 4 aliphatic rings. The molecule has 4 rings (SSSR count). The van der Waals surface area contributed by atoms with Gasteiger partial charge in [0.2, 0.25) is 0 Å². The molecule has 0 aromatic carbocycles. The Morgan fingerprint density at radius 2 is 2.08 bits per heavy atom. The highest BCUT2D eigenvalue weighted by Gasteiger charge is 2.75. The van der Waals surface area contributed by atoms with E-state index in [9.17, 15) is 9.59 Å². The third kappa shape index (κ3) is 2.62. The molecule has 5 atom stereocenters. The van der Waals surface area contributed by atoms with Gasteiger partial charge in [0.25, 0.3) is 0 Å². The van der Waals surface area contributed by atoms with Crippen LogP contribution < -0.4 is 0 Å². The van der Waals surface area contributed by atoms with Gasteiger partial charge in [-0.1, -0.05) is 18.1 Å². The molecule has 1 N–H and O–H groups in total. The van der Waals surface area contributed by atoms with Gasteiger partial charge in [0.1, 0.15) is 11.2 Å². The first-order valence-electron chi connectivity index (χ1n) is 9.62. The second kappa shape index (κ2) is 6.21. The van der Waals surface area contributed by atoms with E-state index in [-0.39, 0.29) is 5.41 Å². The molecule has 0 saturated heterocycles. The average molecular weight is 361 g/mol. The van der Waals surface area contributed by atoms with E-state index in [2.05, 4.69) is 19.0 Å². The van der Waals surface area contributed by atoms with E-state index in [1.807, 2.05) is 0 Å². The molecule has 26 heavy (non-hydrogen) atoms. The van der Waals surface area contributed by atoms with Gasteiger partial charge in [0.15, 0.2) is 0 Å². The standard InChI is InChI=1S/C21H31NO4/c1-13(7-6-8-19(3,12-22-25)18(24)26-5)15-9-16-17-10-21(15,14(2)23)11-20(16,17)4/h12,16-17,25H,6-11H2,1-5H3/b15-13+,22-12+/t16-,17?,19-,20-,21+/m1/s1. The zero-order chi connectivity index (χ0) is 19.3. The van der Waals surface area contributed by atoms with E-state index >= 15 is 0 Å². The summed E-state index contributed by atoms with van der Waals surface area (Å²) < 4.78 is 4.85. The van der Waals surface area contributed by atoms with E-state index in [1.165, 1.54) is 24.5 Å². The molecule has 0 amide bonds. The van der Waals surface area contributed by atoms with E-state index in [1.54, 1.807) is 13.8 Å². The molecule has 5 heteroatoms. The Hall–Kier alpha value is -1.65. The number of oxime groups is 1. The van der Waals surface area contributed by atoms with Crippen LogP contribution in [0, 0.1) is 28.1 Å². The van der Waals surface area contributed by atoms with E-state index in [0.717, 1.165) is 43.9 Å². The monoisotopic (exact) mass is 361 g/mol. The number of hydrogen-bond acceptors (Lipinski definition) is 5. The maximum absolute atomic E-state index is 12.6. The van der Waals surface area contributed by atoms with Crippen molar-refractivity contribution < 1.29 is 19.5 Å². The molecule has 1 unspecified atom stereocenters. The molecule has 4 aliphatic carbocycles. The Morgan fingerprint density at radius 1 is 1.38 bits per heavy atom. The normalized spacial score (nSPS) is 38.8. The number of allylic oxidation sites excluding steroid dienone is 2. The number of esters is 1. The molecule has 0 aromatic heterocycles. The lowest BCUT2D eigenvalue weighted by molar-refractivity contribution is -0.148. The lowest BCUT2D eigenvalue weighted by Gasteiger charge is -2.40. The third-order valence-electron chi connectivity index (χ3n) is 7.75. The number of methoxy groups -OCH3 is 1. The van der Waals surface area contributed by atoms with E-state index in [0.29, 0.717) is 17.6 Å². The molecule has 0 aliphatic heterocycles. The zero-order valence-corrected chi connectivity index (χ0v) is 16.6. The largest absolute Gasteiger partial charge is 0.468 e. The third-order valence-corrected chi connectivity index (χ3v) is 7.75. The molecular formula is C21H31NO4. The van der Waals surface area contributed by atoms with Gasteiger partial charge < -0.3 is 9.94 Å². The van der Waals surface area contributed by atoms with Crippen molar-refractivity contribution in [2.75, 3.05) is 7.11 Å². The van der Waals surface area contributed by atoms with Crippen LogP contribution in [0.25, 0.3) is 0 Å². The second-order valence-electron chi connectivity index (χ2n) is 9.21. The first-order chi connectivity index (χ1) is 12.1. The number of Topliss-reactive ketones (excluding diaryl/α,β-unsaturated/α-hetero) is 1. The molecule has 4 bridgehead atoms. The van der Waals surface area contributed by atoms with Crippen molar-refractivity contribution in [1.82, 2.24) is 0 Å². The predicted molar refractivity (Wildman–Crippen MR) is 99.0 cm³/mol. The Morgan fingerprint density at radius 3 is 2.58 bits per heavy atom. The quantitative estimate of drug-likeness (QED) is 0.243. The van der Waals surface area contributed by atoms with Crippen LogP contribution in [0.2, 0.25) is 0 Å². The van der Waals surface area contributed by atoms with Crippen molar-refractivity contribution in [3.8, 4) is 0 Å². The van der Waals surface area contributed by atoms with Gasteiger partial charge in [-0.2, -0.15) is 0 Å². The Labute approximate surface area is 155 Å². The molecule has 144 valence electrons. The van der Waals surface area contributed by atoms with Crippen molar-refractivity contribution in [2.45, 2.75) is 66.2 Å². The van der Waals surface area contributed by atoms with Gasteiger partial charge in [-0.25, -0.2) is 0 Å². The highest BCUT2D eigenvalue weighted by Crippen LogP contribution is 2.80. The minimum Gasteiger partial charge on any atom is -0.468 e. The number of fused-ring (bicyclic) bond motifs is 1. The first-order valence-corrected chi connectivity index (χ1v) is 9.62. The number of carbonyl (C=O) groups is 2. The maximum Gasteiger partial charge on any atom is 0.317 e. The van der Waals surface area contributed by atoms with Crippen LogP contribution in [-0.2, 0) is 14.3 Å². The van der Waals surface area contributed by atoms with Crippen LogP contribution in [0.15, 0.2) is 16.3 Å². The highest BCUT2D eigenvalue weighted by atomic mass is 16.5. The van der Waals surface area contributed by atoms with Gasteiger partial charge in [-0.15, -0.1) is 5.16 Å². The smallest absolute Gasteiger partial charge is 0.317 e.